The monoisotopic (exact) mass is 275 g/mol. The Hall–Kier alpha value is -1.11. The van der Waals surface area contributed by atoms with Crippen LogP contribution in [0.5, 0.6) is 0 Å². The van der Waals surface area contributed by atoms with Gasteiger partial charge in [-0.25, -0.2) is 4.79 Å². The molecule has 0 unspecified atom stereocenters. The van der Waals surface area contributed by atoms with Gasteiger partial charge in [0.1, 0.15) is 0 Å². The van der Waals surface area contributed by atoms with Crippen molar-refractivity contribution in [2.45, 2.75) is 56.4 Å². The van der Waals surface area contributed by atoms with Crippen molar-refractivity contribution in [3.8, 4) is 0 Å². The van der Waals surface area contributed by atoms with E-state index in [1.807, 2.05) is 6.07 Å². The van der Waals surface area contributed by atoms with E-state index in [2.05, 4.69) is 17.1 Å². The summed E-state index contributed by atoms with van der Waals surface area (Å²) in [4.78, 5) is 14.5. The molecule has 2 aliphatic carbocycles. The van der Waals surface area contributed by atoms with Crippen LogP contribution in [0.3, 0.4) is 0 Å². The van der Waals surface area contributed by atoms with Crippen molar-refractivity contribution in [1.82, 2.24) is 0 Å². The van der Waals surface area contributed by atoms with E-state index in [-0.39, 0.29) is 5.54 Å². The van der Waals surface area contributed by atoms with Crippen LogP contribution in [0, 0.1) is 0 Å². The quantitative estimate of drug-likeness (QED) is 0.580. The highest BCUT2D eigenvalue weighted by atomic mass is 35.5. The van der Waals surface area contributed by atoms with Crippen LogP contribution < -0.4 is 0 Å². The van der Waals surface area contributed by atoms with Crippen molar-refractivity contribution in [3.05, 3.63) is 34.3 Å². The molecule has 0 N–H and O–H groups in total. The standard InChI is InChI=1S/C16H18ClNO/c17-15-10-13(16(8-9-16)18-11-19)6-7-14(15)12-4-2-1-3-5-12/h6-7,10,12H,1-5,8-9H2. The van der Waals surface area contributed by atoms with Gasteiger partial charge in [-0.2, -0.15) is 4.99 Å². The highest BCUT2D eigenvalue weighted by Crippen LogP contribution is 2.50. The molecule has 0 aromatic heterocycles. The molecule has 0 spiro atoms. The van der Waals surface area contributed by atoms with Crippen LogP contribution in [-0.4, -0.2) is 6.08 Å². The largest absolute Gasteiger partial charge is 0.235 e. The van der Waals surface area contributed by atoms with Crippen molar-refractivity contribution in [3.63, 3.8) is 0 Å². The van der Waals surface area contributed by atoms with E-state index < -0.39 is 0 Å². The number of hydrogen-bond donors (Lipinski definition) is 0. The number of rotatable bonds is 3. The predicted molar refractivity (Wildman–Crippen MR) is 76.3 cm³/mol. The zero-order chi connectivity index (χ0) is 13.3. The first kappa shape index (κ1) is 12.9. The molecule has 19 heavy (non-hydrogen) atoms. The Labute approximate surface area is 118 Å². The van der Waals surface area contributed by atoms with Gasteiger partial charge in [-0.3, -0.25) is 0 Å². The molecular formula is C16H18ClNO. The average Bonchev–Trinajstić information content (AvgIpc) is 3.21. The average molecular weight is 276 g/mol. The van der Waals surface area contributed by atoms with Crippen molar-refractivity contribution < 1.29 is 4.79 Å². The van der Waals surface area contributed by atoms with Crippen LogP contribution >= 0.6 is 11.6 Å². The fraction of sp³-hybridized carbons (Fsp3) is 0.562. The number of benzene rings is 1. The Morgan fingerprint density at radius 2 is 1.95 bits per heavy atom. The highest BCUT2D eigenvalue weighted by Gasteiger charge is 2.45. The Kier molecular flexibility index (Phi) is 3.47. The van der Waals surface area contributed by atoms with Crippen molar-refractivity contribution >= 4 is 17.7 Å². The summed E-state index contributed by atoms with van der Waals surface area (Å²) in [5.41, 5.74) is 2.03. The maximum atomic E-state index is 10.5. The number of carbonyl (C=O) groups excluding carboxylic acids is 1. The van der Waals surface area contributed by atoms with E-state index >= 15 is 0 Å². The summed E-state index contributed by atoms with van der Waals surface area (Å²) in [7, 11) is 0. The molecule has 0 aliphatic heterocycles. The summed E-state index contributed by atoms with van der Waals surface area (Å²) in [6, 6.07) is 6.26. The second-order valence-electron chi connectivity index (χ2n) is 5.81. The lowest BCUT2D eigenvalue weighted by atomic mass is 9.83. The zero-order valence-electron chi connectivity index (χ0n) is 11.0. The Morgan fingerprint density at radius 1 is 1.21 bits per heavy atom. The minimum Gasteiger partial charge on any atom is -0.211 e. The smallest absolute Gasteiger partial charge is 0.211 e. The molecule has 0 amide bonds. The molecule has 2 saturated carbocycles. The lowest BCUT2D eigenvalue weighted by Crippen LogP contribution is -2.07. The maximum Gasteiger partial charge on any atom is 0.235 e. The van der Waals surface area contributed by atoms with E-state index in [0.29, 0.717) is 5.92 Å². The van der Waals surface area contributed by atoms with Gasteiger partial charge in [0.2, 0.25) is 6.08 Å². The molecule has 1 aromatic rings. The maximum absolute atomic E-state index is 10.5. The van der Waals surface area contributed by atoms with Crippen LogP contribution in [0.25, 0.3) is 0 Å². The minimum atomic E-state index is -0.309. The molecule has 2 nitrogen and oxygen atoms in total. The second-order valence-corrected chi connectivity index (χ2v) is 6.21. The number of aliphatic imine (C=N–C) groups is 1. The molecule has 100 valence electrons. The summed E-state index contributed by atoms with van der Waals surface area (Å²) < 4.78 is 0. The third-order valence-electron chi connectivity index (χ3n) is 4.57. The molecule has 1 aromatic carbocycles. The first-order valence-electron chi connectivity index (χ1n) is 7.14. The van der Waals surface area contributed by atoms with E-state index in [4.69, 9.17) is 11.6 Å². The summed E-state index contributed by atoms with van der Waals surface area (Å²) in [6.45, 7) is 0. The third-order valence-corrected chi connectivity index (χ3v) is 4.89. The van der Waals surface area contributed by atoms with Crippen LogP contribution in [0.2, 0.25) is 5.02 Å². The lowest BCUT2D eigenvalue weighted by molar-refractivity contribution is 0.443. The number of isocyanates is 1. The van der Waals surface area contributed by atoms with Gasteiger partial charge in [0.25, 0.3) is 0 Å². The molecule has 3 heteroatoms. The fourth-order valence-electron chi connectivity index (χ4n) is 3.23. The molecule has 0 saturated heterocycles. The van der Waals surface area contributed by atoms with Gasteiger partial charge in [-0.05, 0) is 48.8 Å². The first-order chi connectivity index (χ1) is 9.25. The molecular weight excluding hydrogens is 258 g/mol. The van der Waals surface area contributed by atoms with Gasteiger partial charge < -0.3 is 0 Å². The third kappa shape index (κ3) is 2.48. The van der Waals surface area contributed by atoms with Crippen molar-refractivity contribution in [2.75, 3.05) is 0 Å². The van der Waals surface area contributed by atoms with Gasteiger partial charge in [-0.1, -0.05) is 43.0 Å². The van der Waals surface area contributed by atoms with Gasteiger partial charge in [0.15, 0.2) is 0 Å². The number of hydrogen-bond acceptors (Lipinski definition) is 2. The molecule has 0 heterocycles. The molecule has 2 aliphatic rings. The Balaban J connectivity index is 1.87. The highest BCUT2D eigenvalue weighted by molar-refractivity contribution is 6.31. The van der Waals surface area contributed by atoms with Crippen LogP contribution in [0.4, 0.5) is 0 Å². The molecule has 2 fully saturated rings. The van der Waals surface area contributed by atoms with Gasteiger partial charge in [0, 0.05) is 5.02 Å². The topological polar surface area (TPSA) is 29.4 Å². The fourth-order valence-corrected chi connectivity index (χ4v) is 3.57. The Morgan fingerprint density at radius 3 is 2.53 bits per heavy atom. The molecule has 3 rings (SSSR count). The van der Waals surface area contributed by atoms with Crippen LogP contribution in [0.1, 0.15) is 62.0 Å². The minimum absolute atomic E-state index is 0.309. The second kappa shape index (κ2) is 5.11. The van der Waals surface area contributed by atoms with Crippen LogP contribution in [-0.2, 0) is 10.3 Å². The number of halogens is 1. The lowest BCUT2D eigenvalue weighted by Gasteiger charge is -2.23. The van der Waals surface area contributed by atoms with Gasteiger partial charge in [0.05, 0.1) is 5.54 Å². The first-order valence-corrected chi connectivity index (χ1v) is 7.52. The predicted octanol–water partition coefficient (Wildman–Crippen LogP) is 4.71. The van der Waals surface area contributed by atoms with E-state index in [9.17, 15) is 4.79 Å². The van der Waals surface area contributed by atoms with Gasteiger partial charge >= 0.3 is 0 Å². The Bertz CT molecular complexity index is 524. The van der Waals surface area contributed by atoms with Crippen molar-refractivity contribution in [2.24, 2.45) is 4.99 Å². The van der Waals surface area contributed by atoms with Crippen molar-refractivity contribution in [1.29, 1.82) is 0 Å². The van der Waals surface area contributed by atoms with E-state index in [1.165, 1.54) is 37.7 Å². The molecule has 0 radical (unpaired) electrons. The summed E-state index contributed by atoms with van der Waals surface area (Å²) in [5.74, 6) is 0.611. The van der Waals surface area contributed by atoms with Gasteiger partial charge in [-0.15, -0.1) is 0 Å². The summed E-state index contributed by atoms with van der Waals surface area (Å²) in [5, 5.41) is 0.844. The molecule has 0 bridgehead atoms. The zero-order valence-corrected chi connectivity index (χ0v) is 11.7. The molecule has 0 atom stereocenters. The normalized spacial score (nSPS) is 21.7. The SMILES string of the molecule is O=C=NC1(c2ccc(C3CCCCC3)c(Cl)c2)CC1. The van der Waals surface area contributed by atoms with E-state index in [1.54, 1.807) is 6.08 Å². The van der Waals surface area contributed by atoms with E-state index in [0.717, 1.165) is 23.4 Å². The summed E-state index contributed by atoms with van der Waals surface area (Å²) in [6.07, 6.45) is 10.0. The number of nitrogens with zero attached hydrogens (tertiary/aromatic N) is 1. The summed E-state index contributed by atoms with van der Waals surface area (Å²) >= 11 is 6.46. The van der Waals surface area contributed by atoms with Crippen LogP contribution in [0.15, 0.2) is 23.2 Å².